The topological polar surface area (TPSA) is 56.8 Å². The van der Waals surface area contributed by atoms with Crippen molar-refractivity contribution in [1.82, 2.24) is 5.32 Å². The van der Waals surface area contributed by atoms with Gasteiger partial charge >= 0.3 is 0 Å². The molecule has 0 aromatic heterocycles. The molecule has 1 N–H and O–H groups in total. The van der Waals surface area contributed by atoms with Crippen LogP contribution < -0.4 is 19.5 Å². The number of carbonyl (C=O) groups is 1. The summed E-state index contributed by atoms with van der Waals surface area (Å²) in [4.78, 5) is 12.9. The fourth-order valence-corrected chi connectivity index (χ4v) is 3.66. The minimum Gasteiger partial charge on any atom is -0.493 e. The highest BCUT2D eigenvalue weighted by Crippen LogP contribution is 2.48. The van der Waals surface area contributed by atoms with Crippen LogP contribution in [0.3, 0.4) is 0 Å². The normalized spacial score (nSPS) is 16.5. The van der Waals surface area contributed by atoms with Gasteiger partial charge in [0.15, 0.2) is 11.5 Å². The van der Waals surface area contributed by atoms with Gasteiger partial charge in [0.1, 0.15) is 0 Å². The highest BCUT2D eigenvalue weighted by Gasteiger charge is 2.34. The maximum atomic E-state index is 12.9. The average molecular weight is 355 g/mol. The third-order valence-corrected chi connectivity index (χ3v) is 5.00. The molecule has 0 spiro atoms. The molecular formula is C21H25NO4. The zero-order chi connectivity index (χ0) is 18.7. The van der Waals surface area contributed by atoms with Gasteiger partial charge in [-0.3, -0.25) is 4.79 Å². The largest absolute Gasteiger partial charge is 0.493 e. The molecule has 0 aliphatic heterocycles. The molecule has 2 atom stereocenters. The Kier molecular flexibility index (Phi) is 5.35. The minimum atomic E-state index is -0.218. The maximum Gasteiger partial charge on any atom is 0.228 e. The molecule has 0 radical (unpaired) electrons. The van der Waals surface area contributed by atoms with Gasteiger partial charge < -0.3 is 19.5 Å². The molecule has 0 heterocycles. The summed E-state index contributed by atoms with van der Waals surface area (Å²) in [5.41, 5.74) is 3.07. The minimum absolute atomic E-state index is 0.0226. The smallest absolute Gasteiger partial charge is 0.228 e. The van der Waals surface area contributed by atoms with E-state index in [1.807, 2.05) is 43.3 Å². The summed E-state index contributed by atoms with van der Waals surface area (Å²) in [6.45, 7) is 2.00. The summed E-state index contributed by atoms with van der Waals surface area (Å²) < 4.78 is 16.5. The highest BCUT2D eigenvalue weighted by molar-refractivity contribution is 5.86. The van der Waals surface area contributed by atoms with Gasteiger partial charge in [0.2, 0.25) is 11.7 Å². The molecular weight excluding hydrogens is 330 g/mol. The summed E-state index contributed by atoms with van der Waals surface area (Å²) >= 11 is 0. The fourth-order valence-electron chi connectivity index (χ4n) is 3.66. The lowest BCUT2D eigenvalue weighted by Gasteiger charge is -2.20. The van der Waals surface area contributed by atoms with Crippen LogP contribution in [0.2, 0.25) is 0 Å². The Morgan fingerprint density at radius 1 is 1.08 bits per heavy atom. The van der Waals surface area contributed by atoms with Crippen molar-refractivity contribution in [3.63, 3.8) is 0 Å². The molecule has 0 saturated carbocycles. The van der Waals surface area contributed by atoms with Crippen molar-refractivity contribution in [2.24, 2.45) is 0 Å². The van der Waals surface area contributed by atoms with E-state index in [0.717, 1.165) is 29.5 Å². The van der Waals surface area contributed by atoms with Crippen molar-refractivity contribution in [1.29, 1.82) is 0 Å². The third kappa shape index (κ3) is 3.21. The van der Waals surface area contributed by atoms with Crippen LogP contribution in [0, 0.1) is 0 Å². The zero-order valence-electron chi connectivity index (χ0n) is 15.7. The Bertz CT molecular complexity index is 788. The molecule has 0 saturated heterocycles. The monoisotopic (exact) mass is 355 g/mol. The van der Waals surface area contributed by atoms with E-state index in [4.69, 9.17) is 14.2 Å². The molecule has 1 aliphatic carbocycles. The molecule has 3 rings (SSSR count). The van der Waals surface area contributed by atoms with E-state index in [0.29, 0.717) is 17.2 Å². The molecule has 5 nitrogen and oxygen atoms in total. The predicted molar refractivity (Wildman–Crippen MR) is 100 cm³/mol. The van der Waals surface area contributed by atoms with E-state index in [-0.39, 0.29) is 17.9 Å². The summed E-state index contributed by atoms with van der Waals surface area (Å²) in [6.07, 6.45) is 1.52. The van der Waals surface area contributed by atoms with Gasteiger partial charge in [-0.05, 0) is 37.0 Å². The quantitative estimate of drug-likeness (QED) is 0.860. The summed E-state index contributed by atoms with van der Waals surface area (Å²) in [5.74, 6) is 1.62. The molecule has 0 fully saturated rings. The Morgan fingerprint density at radius 2 is 1.77 bits per heavy atom. The Hall–Kier alpha value is -2.69. The van der Waals surface area contributed by atoms with E-state index >= 15 is 0 Å². The second kappa shape index (κ2) is 7.68. The number of nitrogens with one attached hydrogen (secondary N) is 1. The number of fused-ring (bicyclic) bond motifs is 1. The van der Waals surface area contributed by atoms with Crippen LogP contribution in [-0.2, 0) is 11.2 Å². The predicted octanol–water partition coefficient (Wildman–Crippen LogP) is 3.62. The van der Waals surface area contributed by atoms with Gasteiger partial charge in [-0.15, -0.1) is 0 Å². The molecule has 1 aliphatic rings. The van der Waals surface area contributed by atoms with Crippen LogP contribution in [0.25, 0.3) is 0 Å². The molecule has 138 valence electrons. The van der Waals surface area contributed by atoms with Crippen molar-refractivity contribution in [2.45, 2.75) is 31.7 Å². The first-order chi connectivity index (χ1) is 12.6. The third-order valence-electron chi connectivity index (χ3n) is 5.00. The number of hydrogen-bond donors (Lipinski definition) is 1. The van der Waals surface area contributed by atoms with Gasteiger partial charge in [0, 0.05) is 5.56 Å². The van der Waals surface area contributed by atoms with Gasteiger partial charge in [-0.25, -0.2) is 0 Å². The van der Waals surface area contributed by atoms with Crippen LogP contribution in [0.4, 0.5) is 0 Å². The van der Waals surface area contributed by atoms with Gasteiger partial charge in [-0.1, -0.05) is 30.3 Å². The lowest BCUT2D eigenvalue weighted by molar-refractivity contribution is -0.123. The van der Waals surface area contributed by atoms with Crippen LogP contribution in [-0.4, -0.2) is 27.2 Å². The van der Waals surface area contributed by atoms with Gasteiger partial charge in [0.25, 0.3) is 0 Å². The molecule has 26 heavy (non-hydrogen) atoms. The fraction of sp³-hybridized carbons (Fsp3) is 0.381. The van der Waals surface area contributed by atoms with E-state index in [9.17, 15) is 4.79 Å². The number of methoxy groups -OCH3 is 3. The van der Waals surface area contributed by atoms with Crippen molar-refractivity contribution >= 4 is 5.91 Å². The van der Waals surface area contributed by atoms with E-state index < -0.39 is 0 Å². The van der Waals surface area contributed by atoms with Crippen LogP contribution >= 0.6 is 0 Å². The van der Waals surface area contributed by atoms with Crippen molar-refractivity contribution < 1.29 is 19.0 Å². The second-order valence-corrected chi connectivity index (χ2v) is 6.45. The number of ether oxygens (including phenoxy) is 3. The van der Waals surface area contributed by atoms with E-state index in [2.05, 4.69) is 5.32 Å². The van der Waals surface area contributed by atoms with E-state index in [1.54, 1.807) is 21.3 Å². The van der Waals surface area contributed by atoms with Crippen LogP contribution in [0.1, 0.15) is 42.0 Å². The van der Waals surface area contributed by atoms with Gasteiger partial charge in [-0.2, -0.15) is 0 Å². The average Bonchev–Trinajstić information content (AvgIpc) is 3.10. The zero-order valence-corrected chi connectivity index (χ0v) is 15.7. The Morgan fingerprint density at radius 3 is 2.38 bits per heavy atom. The first kappa shape index (κ1) is 18.1. The maximum absolute atomic E-state index is 12.9. The second-order valence-electron chi connectivity index (χ2n) is 6.45. The Labute approximate surface area is 154 Å². The van der Waals surface area contributed by atoms with Gasteiger partial charge in [0.05, 0.1) is 33.3 Å². The Balaban J connectivity index is 1.88. The lowest BCUT2D eigenvalue weighted by atomic mass is 9.98. The number of carbonyl (C=O) groups excluding carboxylic acids is 1. The molecule has 2 aromatic rings. The number of rotatable bonds is 6. The molecule has 0 unspecified atom stereocenters. The van der Waals surface area contributed by atoms with Crippen LogP contribution in [0.15, 0.2) is 36.4 Å². The molecule has 0 bridgehead atoms. The lowest BCUT2D eigenvalue weighted by Crippen LogP contribution is -2.30. The molecule has 5 heteroatoms. The van der Waals surface area contributed by atoms with Crippen molar-refractivity contribution in [3.05, 3.63) is 53.1 Å². The van der Waals surface area contributed by atoms with Crippen LogP contribution in [0.5, 0.6) is 17.2 Å². The standard InChI is InChI=1S/C21H25NO4/c1-13(14-8-6-5-7-9-14)22-21(23)16-11-10-15-17(16)12-18(24-2)20(26-4)19(15)25-3/h5-9,12-13,16H,10-11H2,1-4H3,(H,22,23)/t13-,16+/m0/s1. The van der Waals surface area contributed by atoms with Crippen molar-refractivity contribution in [3.8, 4) is 17.2 Å². The van der Waals surface area contributed by atoms with Crippen molar-refractivity contribution in [2.75, 3.05) is 21.3 Å². The number of benzene rings is 2. The first-order valence-electron chi connectivity index (χ1n) is 8.77. The SMILES string of the molecule is COc1cc2c(c(OC)c1OC)CC[C@H]2C(=O)N[C@@H](C)c1ccccc1. The summed E-state index contributed by atoms with van der Waals surface area (Å²) in [7, 11) is 4.79. The highest BCUT2D eigenvalue weighted by atomic mass is 16.5. The number of amides is 1. The molecule has 2 aromatic carbocycles. The number of hydrogen-bond acceptors (Lipinski definition) is 4. The van der Waals surface area contributed by atoms with E-state index in [1.165, 1.54) is 0 Å². The first-order valence-corrected chi connectivity index (χ1v) is 8.77. The summed E-state index contributed by atoms with van der Waals surface area (Å²) in [5, 5.41) is 3.13. The summed E-state index contributed by atoms with van der Waals surface area (Å²) in [6, 6.07) is 11.8. The molecule has 1 amide bonds.